The third-order valence-corrected chi connectivity index (χ3v) is 2.56. The van der Waals surface area contributed by atoms with Gasteiger partial charge in [-0.2, -0.15) is 0 Å². The summed E-state index contributed by atoms with van der Waals surface area (Å²) in [5.74, 6) is -1.05. The molecule has 2 aromatic rings. The molecule has 18 heavy (non-hydrogen) atoms. The monoisotopic (exact) mass is 243 g/mol. The maximum absolute atomic E-state index is 11.9. The van der Waals surface area contributed by atoms with Crippen molar-refractivity contribution in [2.24, 2.45) is 0 Å². The second kappa shape index (κ2) is 4.79. The number of amides is 1. The first kappa shape index (κ1) is 12.0. The third kappa shape index (κ3) is 2.43. The molecular formula is C14H13NO3. The fourth-order valence-electron chi connectivity index (χ4n) is 1.59. The van der Waals surface area contributed by atoms with Crippen LogP contribution in [0.5, 0.6) is 11.5 Å². The minimum atomic E-state index is -0.547. The van der Waals surface area contributed by atoms with Gasteiger partial charge >= 0.3 is 0 Å². The highest BCUT2D eigenvalue weighted by atomic mass is 16.3. The first-order chi connectivity index (χ1) is 8.58. The summed E-state index contributed by atoms with van der Waals surface area (Å²) in [5, 5.41) is 21.7. The molecular weight excluding hydrogens is 230 g/mol. The molecule has 3 N–H and O–H groups in total. The predicted molar refractivity (Wildman–Crippen MR) is 68.9 cm³/mol. The molecule has 2 aromatic carbocycles. The van der Waals surface area contributed by atoms with E-state index in [0.717, 1.165) is 5.56 Å². The summed E-state index contributed by atoms with van der Waals surface area (Å²) < 4.78 is 0. The summed E-state index contributed by atoms with van der Waals surface area (Å²) in [7, 11) is 0. The average molecular weight is 243 g/mol. The lowest BCUT2D eigenvalue weighted by Gasteiger charge is -2.08. The minimum absolute atomic E-state index is 0.127. The first-order valence-corrected chi connectivity index (χ1v) is 5.47. The second-order valence-corrected chi connectivity index (χ2v) is 3.99. The lowest BCUT2D eigenvalue weighted by Crippen LogP contribution is -2.12. The van der Waals surface area contributed by atoms with Crippen LogP contribution in [0, 0.1) is 6.92 Å². The molecule has 2 rings (SSSR count). The Bertz CT molecular complexity index is 556. The summed E-state index contributed by atoms with van der Waals surface area (Å²) in [6.45, 7) is 1.94. The number of rotatable bonds is 2. The minimum Gasteiger partial charge on any atom is -0.507 e. The van der Waals surface area contributed by atoms with E-state index < -0.39 is 5.91 Å². The van der Waals surface area contributed by atoms with E-state index in [2.05, 4.69) is 5.32 Å². The van der Waals surface area contributed by atoms with Gasteiger partial charge in [-0.15, -0.1) is 0 Å². The molecule has 0 bridgehead atoms. The first-order valence-electron chi connectivity index (χ1n) is 5.47. The number of hydrogen-bond acceptors (Lipinski definition) is 3. The molecule has 4 nitrogen and oxygen atoms in total. The van der Waals surface area contributed by atoms with E-state index in [1.165, 1.54) is 18.2 Å². The smallest absolute Gasteiger partial charge is 0.263 e. The van der Waals surface area contributed by atoms with Gasteiger partial charge < -0.3 is 15.5 Å². The van der Waals surface area contributed by atoms with Crippen molar-refractivity contribution < 1.29 is 15.0 Å². The predicted octanol–water partition coefficient (Wildman–Crippen LogP) is 2.66. The van der Waals surface area contributed by atoms with Crippen LogP contribution in [0.1, 0.15) is 15.9 Å². The average Bonchev–Trinajstić information content (AvgIpc) is 2.32. The molecule has 0 aromatic heterocycles. The topological polar surface area (TPSA) is 69.6 Å². The van der Waals surface area contributed by atoms with E-state index in [-0.39, 0.29) is 17.1 Å². The quantitative estimate of drug-likeness (QED) is 0.759. The summed E-state index contributed by atoms with van der Waals surface area (Å²) in [6, 6.07) is 11.4. The number of hydrogen-bond donors (Lipinski definition) is 3. The fourth-order valence-corrected chi connectivity index (χ4v) is 1.59. The molecule has 0 aliphatic heterocycles. The molecule has 92 valence electrons. The van der Waals surface area contributed by atoms with Crippen LogP contribution in [0.25, 0.3) is 0 Å². The molecule has 4 heteroatoms. The largest absolute Gasteiger partial charge is 0.507 e. The third-order valence-electron chi connectivity index (χ3n) is 2.56. The van der Waals surface area contributed by atoms with E-state index in [0.29, 0.717) is 5.69 Å². The maximum Gasteiger partial charge on any atom is 0.263 e. The lowest BCUT2D eigenvalue weighted by atomic mass is 10.1. The standard InChI is InChI=1S/C14H13NO3/c1-9-5-7-10(8-6-9)15-14(18)13-11(16)3-2-4-12(13)17/h2-8,16-17H,1H3,(H,15,18). The van der Waals surface area contributed by atoms with Gasteiger partial charge in [0.05, 0.1) is 0 Å². The Balaban J connectivity index is 2.25. The van der Waals surface area contributed by atoms with Crippen molar-refractivity contribution in [1.29, 1.82) is 0 Å². The van der Waals surface area contributed by atoms with Crippen molar-refractivity contribution >= 4 is 11.6 Å². The molecule has 0 aliphatic rings. The molecule has 0 saturated heterocycles. The molecule has 0 heterocycles. The van der Waals surface area contributed by atoms with Crippen LogP contribution in [0.15, 0.2) is 42.5 Å². The summed E-state index contributed by atoms with van der Waals surface area (Å²) in [4.78, 5) is 11.9. The molecule has 0 atom stereocenters. The Morgan fingerprint density at radius 3 is 2.11 bits per heavy atom. The number of phenolic OH excluding ortho intramolecular Hbond substituents is 2. The molecule has 0 aliphatic carbocycles. The summed E-state index contributed by atoms with van der Waals surface area (Å²) >= 11 is 0. The van der Waals surface area contributed by atoms with E-state index in [9.17, 15) is 15.0 Å². The van der Waals surface area contributed by atoms with Crippen LogP contribution in [-0.2, 0) is 0 Å². The van der Waals surface area contributed by atoms with Crippen LogP contribution < -0.4 is 5.32 Å². The van der Waals surface area contributed by atoms with Gasteiger partial charge in [0.15, 0.2) is 0 Å². The van der Waals surface area contributed by atoms with Gasteiger partial charge in [0.2, 0.25) is 0 Å². The van der Waals surface area contributed by atoms with E-state index in [1.807, 2.05) is 19.1 Å². The van der Waals surface area contributed by atoms with Crippen LogP contribution in [0.4, 0.5) is 5.69 Å². The fraction of sp³-hybridized carbons (Fsp3) is 0.0714. The Morgan fingerprint density at radius 1 is 1.00 bits per heavy atom. The molecule has 0 spiro atoms. The van der Waals surface area contributed by atoms with Gasteiger partial charge in [0.1, 0.15) is 17.1 Å². The van der Waals surface area contributed by atoms with Crippen LogP contribution in [0.2, 0.25) is 0 Å². The van der Waals surface area contributed by atoms with Crippen LogP contribution in [0.3, 0.4) is 0 Å². The lowest BCUT2D eigenvalue weighted by molar-refractivity contribution is 0.102. The normalized spacial score (nSPS) is 10.1. The number of nitrogens with one attached hydrogen (secondary N) is 1. The zero-order valence-electron chi connectivity index (χ0n) is 9.84. The number of anilines is 1. The van der Waals surface area contributed by atoms with E-state index in [1.54, 1.807) is 12.1 Å². The number of benzene rings is 2. The van der Waals surface area contributed by atoms with E-state index >= 15 is 0 Å². The number of aryl methyl sites for hydroxylation is 1. The molecule has 0 unspecified atom stereocenters. The molecule has 0 saturated carbocycles. The van der Waals surface area contributed by atoms with Crippen LogP contribution >= 0.6 is 0 Å². The molecule has 0 fully saturated rings. The summed E-state index contributed by atoms with van der Waals surface area (Å²) in [6.07, 6.45) is 0. The zero-order chi connectivity index (χ0) is 13.1. The van der Waals surface area contributed by atoms with Gasteiger partial charge in [0.25, 0.3) is 5.91 Å². The van der Waals surface area contributed by atoms with Gasteiger partial charge in [-0.05, 0) is 31.2 Å². The van der Waals surface area contributed by atoms with Gasteiger partial charge in [0, 0.05) is 5.69 Å². The number of aromatic hydroxyl groups is 2. The highest BCUT2D eigenvalue weighted by Gasteiger charge is 2.15. The Hall–Kier alpha value is -2.49. The van der Waals surface area contributed by atoms with Crippen molar-refractivity contribution in [3.8, 4) is 11.5 Å². The van der Waals surface area contributed by atoms with Crippen molar-refractivity contribution in [1.82, 2.24) is 0 Å². The van der Waals surface area contributed by atoms with Crippen LogP contribution in [-0.4, -0.2) is 16.1 Å². The SMILES string of the molecule is Cc1ccc(NC(=O)c2c(O)cccc2O)cc1. The Labute approximate surface area is 105 Å². The number of carbonyl (C=O) groups is 1. The highest BCUT2D eigenvalue weighted by molar-refractivity contribution is 6.08. The van der Waals surface area contributed by atoms with Crippen molar-refractivity contribution in [2.45, 2.75) is 6.92 Å². The van der Waals surface area contributed by atoms with E-state index in [4.69, 9.17) is 0 Å². The Kier molecular flexibility index (Phi) is 3.19. The van der Waals surface area contributed by atoms with Crippen molar-refractivity contribution in [2.75, 3.05) is 5.32 Å². The highest BCUT2D eigenvalue weighted by Crippen LogP contribution is 2.27. The molecule has 1 amide bonds. The van der Waals surface area contributed by atoms with Crippen molar-refractivity contribution in [3.05, 3.63) is 53.6 Å². The van der Waals surface area contributed by atoms with Gasteiger partial charge in [-0.25, -0.2) is 0 Å². The van der Waals surface area contributed by atoms with Gasteiger partial charge in [-0.3, -0.25) is 4.79 Å². The zero-order valence-corrected chi connectivity index (χ0v) is 9.84. The number of phenols is 2. The maximum atomic E-state index is 11.9. The number of carbonyl (C=O) groups excluding carboxylic acids is 1. The Morgan fingerprint density at radius 2 is 1.56 bits per heavy atom. The molecule has 0 radical (unpaired) electrons. The van der Waals surface area contributed by atoms with Gasteiger partial charge in [-0.1, -0.05) is 23.8 Å². The summed E-state index contributed by atoms with van der Waals surface area (Å²) in [5.41, 5.74) is 1.56. The van der Waals surface area contributed by atoms with Crippen molar-refractivity contribution in [3.63, 3.8) is 0 Å². The second-order valence-electron chi connectivity index (χ2n) is 3.99.